The van der Waals surface area contributed by atoms with Crippen LogP contribution in [-0.4, -0.2) is 4.98 Å². The first-order valence-electron chi connectivity index (χ1n) is 5.61. The Morgan fingerprint density at radius 3 is 2.30 bits per heavy atom. The van der Waals surface area contributed by atoms with E-state index in [2.05, 4.69) is 4.98 Å². The molecule has 2 rings (SSSR count). The number of halogens is 4. The van der Waals surface area contributed by atoms with Gasteiger partial charge in [-0.1, -0.05) is 41.9 Å². The van der Waals surface area contributed by atoms with Crippen molar-refractivity contribution in [2.24, 2.45) is 0 Å². The van der Waals surface area contributed by atoms with Gasteiger partial charge in [0.25, 0.3) is 0 Å². The number of nitriles is 1. The molecule has 0 aliphatic heterocycles. The molecule has 1 atom stereocenters. The Morgan fingerprint density at radius 1 is 1.10 bits per heavy atom. The fourth-order valence-corrected chi connectivity index (χ4v) is 2.00. The average molecular weight is 297 g/mol. The van der Waals surface area contributed by atoms with E-state index in [1.165, 1.54) is 0 Å². The van der Waals surface area contributed by atoms with E-state index in [0.717, 1.165) is 12.1 Å². The number of hydrogen-bond acceptors (Lipinski definition) is 2. The molecule has 0 saturated carbocycles. The second-order valence-electron chi connectivity index (χ2n) is 4.04. The van der Waals surface area contributed by atoms with E-state index >= 15 is 0 Å². The zero-order chi connectivity index (χ0) is 14.8. The highest BCUT2D eigenvalue weighted by Crippen LogP contribution is 2.36. The predicted molar refractivity (Wildman–Crippen MR) is 68.1 cm³/mol. The van der Waals surface area contributed by atoms with Gasteiger partial charge in [-0.05, 0) is 17.7 Å². The van der Waals surface area contributed by atoms with Gasteiger partial charge in [-0.25, -0.2) is 4.98 Å². The maximum atomic E-state index is 13.0. The summed E-state index contributed by atoms with van der Waals surface area (Å²) in [6.45, 7) is 0. The molecule has 0 spiro atoms. The molecule has 2 aromatic rings. The van der Waals surface area contributed by atoms with Crippen LogP contribution in [0.3, 0.4) is 0 Å². The molecule has 20 heavy (non-hydrogen) atoms. The van der Waals surface area contributed by atoms with Crippen LogP contribution >= 0.6 is 11.6 Å². The standard InChI is InChI=1S/C14H8ClF3N2/c15-12-7-6-11(14(16,17)18)13(20-12)10(8-19)9-4-2-1-3-5-9/h1-7,10H. The SMILES string of the molecule is N#CC(c1ccccc1)c1nc(Cl)ccc1C(F)(F)F. The topological polar surface area (TPSA) is 36.7 Å². The fraction of sp³-hybridized carbons (Fsp3) is 0.143. The Morgan fingerprint density at radius 2 is 1.75 bits per heavy atom. The summed E-state index contributed by atoms with van der Waals surface area (Å²) in [6.07, 6.45) is -4.59. The molecule has 0 saturated heterocycles. The van der Waals surface area contributed by atoms with Crippen molar-refractivity contribution in [3.05, 3.63) is 64.4 Å². The zero-order valence-electron chi connectivity index (χ0n) is 10.0. The van der Waals surface area contributed by atoms with E-state index < -0.39 is 17.7 Å². The Balaban J connectivity index is 2.61. The summed E-state index contributed by atoms with van der Waals surface area (Å²) < 4.78 is 39.0. The maximum Gasteiger partial charge on any atom is 0.418 e. The molecule has 0 aliphatic rings. The van der Waals surface area contributed by atoms with Crippen molar-refractivity contribution >= 4 is 11.6 Å². The molecular weight excluding hydrogens is 289 g/mol. The van der Waals surface area contributed by atoms with Crippen molar-refractivity contribution < 1.29 is 13.2 Å². The van der Waals surface area contributed by atoms with Gasteiger partial charge in [0.15, 0.2) is 0 Å². The van der Waals surface area contributed by atoms with Gasteiger partial charge in [-0.15, -0.1) is 0 Å². The van der Waals surface area contributed by atoms with Gasteiger partial charge in [-0.2, -0.15) is 18.4 Å². The molecule has 2 nitrogen and oxygen atoms in total. The van der Waals surface area contributed by atoms with Gasteiger partial charge >= 0.3 is 6.18 Å². The van der Waals surface area contributed by atoms with E-state index in [4.69, 9.17) is 11.6 Å². The lowest BCUT2D eigenvalue weighted by Crippen LogP contribution is -2.14. The molecule has 0 amide bonds. The summed E-state index contributed by atoms with van der Waals surface area (Å²) in [6, 6.07) is 11.9. The second-order valence-corrected chi connectivity index (χ2v) is 4.42. The lowest BCUT2D eigenvalue weighted by atomic mass is 9.93. The summed E-state index contributed by atoms with van der Waals surface area (Å²) in [7, 11) is 0. The number of pyridine rings is 1. The number of aromatic nitrogens is 1. The maximum absolute atomic E-state index is 13.0. The number of hydrogen-bond donors (Lipinski definition) is 0. The number of nitrogens with zero attached hydrogens (tertiary/aromatic N) is 2. The van der Waals surface area contributed by atoms with Crippen molar-refractivity contribution in [1.82, 2.24) is 4.98 Å². The van der Waals surface area contributed by atoms with Crippen LogP contribution < -0.4 is 0 Å². The fourth-order valence-electron chi connectivity index (χ4n) is 1.85. The molecule has 0 fully saturated rings. The van der Waals surface area contributed by atoms with Crippen molar-refractivity contribution in [3.63, 3.8) is 0 Å². The molecule has 0 bridgehead atoms. The summed E-state index contributed by atoms with van der Waals surface area (Å²) in [5, 5.41) is 9.13. The van der Waals surface area contributed by atoms with E-state index in [1.54, 1.807) is 30.3 Å². The minimum absolute atomic E-state index is 0.0795. The Bertz CT molecular complexity index is 648. The number of benzene rings is 1. The molecule has 1 heterocycles. The highest BCUT2D eigenvalue weighted by Gasteiger charge is 2.36. The minimum atomic E-state index is -4.59. The molecular formula is C14H8ClF3N2. The van der Waals surface area contributed by atoms with Crippen LogP contribution in [0.4, 0.5) is 13.2 Å². The molecule has 102 valence electrons. The minimum Gasteiger partial charge on any atom is -0.239 e. The summed E-state index contributed by atoms with van der Waals surface area (Å²) in [5.41, 5.74) is -0.883. The van der Waals surface area contributed by atoms with Gasteiger partial charge in [-0.3, -0.25) is 0 Å². The van der Waals surface area contributed by atoms with E-state index in [0.29, 0.717) is 5.56 Å². The lowest BCUT2D eigenvalue weighted by molar-refractivity contribution is -0.138. The Hall–Kier alpha value is -2.06. The van der Waals surface area contributed by atoms with E-state index in [-0.39, 0.29) is 10.8 Å². The Labute approximate surface area is 118 Å². The first kappa shape index (κ1) is 14.4. The van der Waals surface area contributed by atoms with Crippen LogP contribution in [0.2, 0.25) is 5.15 Å². The molecule has 0 N–H and O–H groups in total. The van der Waals surface area contributed by atoms with Crippen LogP contribution in [-0.2, 0) is 6.18 Å². The quantitative estimate of drug-likeness (QED) is 0.770. The third kappa shape index (κ3) is 2.91. The molecule has 1 aromatic carbocycles. The van der Waals surface area contributed by atoms with Crippen molar-refractivity contribution in [3.8, 4) is 6.07 Å². The Kier molecular flexibility index (Phi) is 3.96. The molecule has 0 aliphatic carbocycles. The third-order valence-electron chi connectivity index (χ3n) is 2.73. The van der Waals surface area contributed by atoms with Gasteiger partial charge in [0, 0.05) is 0 Å². The predicted octanol–water partition coefficient (Wildman–Crippen LogP) is 4.41. The van der Waals surface area contributed by atoms with Crippen molar-refractivity contribution in [2.45, 2.75) is 12.1 Å². The highest BCUT2D eigenvalue weighted by molar-refractivity contribution is 6.29. The van der Waals surface area contributed by atoms with E-state index in [9.17, 15) is 18.4 Å². The van der Waals surface area contributed by atoms with Crippen molar-refractivity contribution in [2.75, 3.05) is 0 Å². The zero-order valence-corrected chi connectivity index (χ0v) is 10.8. The largest absolute Gasteiger partial charge is 0.418 e. The number of alkyl halides is 3. The molecule has 0 radical (unpaired) electrons. The normalized spacial score (nSPS) is 12.8. The van der Waals surface area contributed by atoms with Gasteiger partial charge in [0.1, 0.15) is 11.1 Å². The van der Waals surface area contributed by atoms with Crippen LogP contribution in [0.25, 0.3) is 0 Å². The van der Waals surface area contributed by atoms with Crippen LogP contribution in [0, 0.1) is 11.3 Å². The molecule has 1 aromatic heterocycles. The summed E-state index contributed by atoms with van der Waals surface area (Å²) in [5.74, 6) is -1.12. The monoisotopic (exact) mass is 296 g/mol. The van der Waals surface area contributed by atoms with E-state index in [1.807, 2.05) is 6.07 Å². The van der Waals surface area contributed by atoms with Crippen LogP contribution in [0.1, 0.15) is 22.7 Å². The van der Waals surface area contributed by atoms with Gasteiger partial charge in [0.05, 0.1) is 17.3 Å². The summed E-state index contributed by atoms with van der Waals surface area (Å²) >= 11 is 5.67. The van der Waals surface area contributed by atoms with Crippen LogP contribution in [0.5, 0.6) is 0 Å². The van der Waals surface area contributed by atoms with Crippen LogP contribution in [0.15, 0.2) is 42.5 Å². The highest BCUT2D eigenvalue weighted by atomic mass is 35.5. The first-order chi connectivity index (χ1) is 9.43. The van der Waals surface area contributed by atoms with Gasteiger partial charge < -0.3 is 0 Å². The average Bonchev–Trinajstić information content (AvgIpc) is 2.39. The molecule has 6 heteroatoms. The lowest BCUT2D eigenvalue weighted by Gasteiger charge is -2.16. The van der Waals surface area contributed by atoms with Gasteiger partial charge in [0.2, 0.25) is 0 Å². The number of rotatable bonds is 2. The first-order valence-corrected chi connectivity index (χ1v) is 5.99. The second kappa shape index (κ2) is 5.51. The van der Waals surface area contributed by atoms with Crippen molar-refractivity contribution in [1.29, 1.82) is 5.26 Å². The third-order valence-corrected chi connectivity index (χ3v) is 2.94. The molecule has 1 unspecified atom stereocenters. The summed E-state index contributed by atoms with van der Waals surface area (Å²) in [4.78, 5) is 3.71. The smallest absolute Gasteiger partial charge is 0.239 e.